The standard InChI is InChI=1S/C23H25F3N4O5/c1-14(31)28-16-7-8-19(34-2)18(11-16)29-20(32)13-35-22(33)15-5-4-10-30(12-15)21-17(23(24,25)26)6-3-9-27-21/h3,6-9,11,15H,4-5,10,12-13H2,1-2H3,(H,28,31)(H,29,32). The van der Waals surface area contributed by atoms with Crippen LogP contribution in [0.1, 0.15) is 25.3 Å². The van der Waals surface area contributed by atoms with E-state index < -0.39 is 36.1 Å². The van der Waals surface area contributed by atoms with Crippen LogP contribution >= 0.6 is 0 Å². The number of esters is 1. The zero-order chi connectivity index (χ0) is 25.6. The van der Waals surface area contributed by atoms with E-state index in [9.17, 15) is 27.6 Å². The minimum absolute atomic E-state index is 0.00682. The van der Waals surface area contributed by atoms with Gasteiger partial charge in [0.15, 0.2) is 6.61 Å². The van der Waals surface area contributed by atoms with Crippen LogP contribution in [-0.2, 0) is 25.3 Å². The summed E-state index contributed by atoms with van der Waals surface area (Å²) in [5.41, 5.74) is -0.178. The highest BCUT2D eigenvalue weighted by atomic mass is 19.4. The summed E-state index contributed by atoms with van der Waals surface area (Å²) in [4.78, 5) is 41.5. The molecule has 1 saturated heterocycles. The number of hydrogen-bond acceptors (Lipinski definition) is 7. The van der Waals surface area contributed by atoms with Crippen LogP contribution in [0.2, 0.25) is 0 Å². The summed E-state index contributed by atoms with van der Waals surface area (Å²) < 4.78 is 50.4. The number of hydrogen-bond donors (Lipinski definition) is 2. The number of piperidine rings is 1. The average Bonchev–Trinajstić information content (AvgIpc) is 2.82. The molecule has 3 rings (SSSR count). The summed E-state index contributed by atoms with van der Waals surface area (Å²) in [7, 11) is 1.41. The molecule has 2 heterocycles. The monoisotopic (exact) mass is 494 g/mol. The van der Waals surface area contributed by atoms with Gasteiger partial charge in [-0.25, -0.2) is 4.98 Å². The Morgan fingerprint density at radius 3 is 2.66 bits per heavy atom. The van der Waals surface area contributed by atoms with E-state index in [1.807, 2.05) is 0 Å². The van der Waals surface area contributed by atoms with Crippen molar-refractivity contribution in [2.45, 2.75) is 25.9 Å². The SMILES string of the molecule is COc1ccc(NC(C)=O)cc1NC(=O)COC(=O)C1CCCN(c2ncccc2C(F)(F)F)C1. The van der Waals surface area contributed by atoms with Crippen LogP contribution in [0.5, 0.6) is 5.75 Å². The fraction of sp³-hybridized carbons (Fsp3) is 0.391. The fourth-order valence-electron chi connectivity index (χ4n) is 3.76. The fourth-order valence-corrected chi connectivity index (χ4v) is 3.76. The Bertz CT molecular complexity index is 1090. The van der Waals surface area contributed by atoms with E-state index in [2.05, 4.69) is 15.6 Å². The second kappa shape index (κ2) is 11.1. The first-order chi connectivity index (χ1) is 16.6. The molecule has 1 aliphatic rings. The van der Waals surface area contributed by atoms with E-state index in [4.69, 9.17) is 9.47 Å². The van der Waals surface area contributed by atoms with Gasteiger partial charge >= 0.3 is 12.1 Å². The molecule has 188 valence electrons. The number of carbonyl (C=O) groups is 3. The number of halogens is 3. The summed E-state index contributed by atoms with van der Waals surface area (Å²) in [5, 5.41) is 5.14. The third-order valence-corrected chi connectivity index (χ3v) is 5.29. The highest BCUT2D eigenvalue weighted by Gasteiger charge is 2.37. The molecule has 2 aromatic rings. The van der Waals surface area contributed by atoms with Crippen molar-refractivity contribution in [3.63, 3.8) is 0 Å². The predicted molar refractivity (Wildman–Crippen MR) is 121 cm³/mol. The van der Waals surface area contributed by atoms with Gasteiger partial charge in [0.2, 0.25) is 5.91 Å². The van der Waals surface area contributed by atoms with Gasteiger partial charge in [-0.2, -0.15) is 13.2 Å². The van der Waals surface area contributed by atoms with Gasteiger partial charge in [0, 0.05) is 31.9 Å². The summed E-state index contributed by atoms with van der Waals surface area (Å²) in [6, 6.07) is 6.79. The van der Waals surface area contributed by atoms with Gasteiger partial charge in [-0.1, -0.05) is 0 Å². The van der Waals surface area contributed by atoms with Crippen molar-refractivity contribution in [2.75, 3.05) is 42.3 Å². The van der Waals surface area contributed by atoms with Crippen molar-refractivity contribution in [1.82, 2.24) is 4.98 Å². The number of amides is 2. The molecule has 2 N–H and O–H groups in total. The van der Waals surface area contributed by atoms with Crippen LogP contribution in [0.3, 0.4) is 0 Å². The van der Waals surface area contributed by atoms with Crippen molar-refractivity contribution in [3.8, 4) is 5.75 Å². The van der Waals surface area contributed by atoms with Gasteiger partial charge in [0.05, 0.1) is 24.3 Å². The number of nitrogens with zero attached hydrogens (tertiary/aromatic N) is 2. The lowest BCUT2D eigenvalue weighted by Gasteiger charge is -2.33. The summed E-state index contributed by atoms with van der Waals surface area (Å²) in [6.45, 7) is 1.05. The zero-order valence-corrected chi connectivity index (χ0v) is 19.1. The minimum Gasteiger partial charge on any atom is -0.495 e. The minimum atomic E-state index is -4.58. The highest BCUT2D eigenvalue weighted by Crippen LogP contribution is 2.36. The van der Waals surface area contributed by atoms with Crippen molar-refractivity contribution < 1.29 is 37.0 Å². The molecule has 1 aromatic carbocycles. The number of rotatable bonds is 7. The summed E-state index contributed by atoms with van der Waals surface area (Å²) >= 11 is 0. The van der Waals surface area contributed by atoms with Crippen molar-refractivity contribution in [3.05, 3.63) is 42.1 Å². The summed E-state index contributed by atoms with van der Waals surface area (Å²) in [5.74, 6) is -2.24. The molecule has 0 bridgehead atoms. The maximum Gasteiger partial charge on any atom is 0.419 e. The number of methoxy groups -OCH3 is 1. The molecular formula is C23H25F3N4O5. The smallest absolute Gasteiger partial charge is 0.419 e. The number of carbonyl (C=O) groups excluding carboxylic acids is 3. The van der Waals surface area contributed by atoms with Crippen LogP contribution in [0, 0.1) is 5.92 Å². The van der Waals surface area contributed by atoms with Crippen LogP contribution in [0.4, 0.5) is 30.4 Å². The number of anilines is 3. The molecule has 1 unspecified atom stereocenters. The highest BCUT2D eigenvalue weighted by molar-refractivity contribution is 5.96. The molecule has 0 saturated carbocycles. The molecule has 1 aliphatic heterocycles. The third kappa shape index (κ3) is 6.84. The Morgan fingerprint density at radius 2 is 1.97 bits per heavy atom. The van der Waals surface area contributed by atoms with Crippen LogP contribution in [-0.4, -0.2) is 49.6 Å². The Morgan fingerprint density at radius 1 is 1.20 bits per heavy atom. The molecule has 35 heavy (non-hydrogen) atoms. The Kier molecular flexibility index (Phi) is 8.15. The first-order valence-electron chi connectivity index (χ1n) is 10.8. The van der Waals surface area contributed by atoms with Gasteiger partial charge < -0.3 is 25.0 Å². The van der Waals surface area contributed by atoms with Crippen LogP contribution < -0.4 is 20.3 Å². The van der Waals surface area contributed by atoms with Gasteiger partial charge in [-0.3, -0.25) is 14.4 Å². The molecule has 0 aliphatic carbocycles. The number of pyridine rings is 1. The van der Waals surface area contributed by atoms with Gasteiger partial charge in [-0.05, 0) is 43.2 Å². The molecule has 2 amide bonds. The number of alkyl halides is 3. The first kappa shape index (κ1) is 25.8. The lowest BCUT2D eigenvalue weighted by Crippen LogP contribution is -2.41. The van der Waals surface area contributed by atoms with Gasteiger partial charge in [0.1, 0.15) is 11.6 Å². The first-order valence-corrected chi connectivity index (χ1v) is 10.8. The van der Waals surface area contributed by atoms with E-state index in [0.29, 0.717) is 30.8 Å². The lowest BCUT2D eigenvalue weighted by atomic mass is 9.98. The summed E-state index contributed by atoms with van der Waals surface area (Å²) in [6.07, 6.45) is -2.43. The molecule has 0 spiro atoms. The molecule has 1 atom stereocenters. The van der Waals surface area contributed by atoms with E-state index in [1.54, 1.807) is 12.1 Å². The Hall–Kier alpha value is -3.83. The van der Waals surface area contributed by atoms with Crippen LogP contribution in [0.15, 0.2) is 36.5 Å². The van der Waals surface area contributed by atoms with Crippen molar-refractivity contribution in [2.24, 2.45) is 5.92 Å². The topological polar surface area (TPSA) is 110 Å². The molecule has 12 heteroatoms. The molecule has 9 nitrogen and oxygen atoms in total. The van der Waals surface area contributed by atoms with Crippen LogP contribution in [0.25, 0.3) is 0 Å². The maximum atomic E-state index is 13.4. The third-order valence-electron chi connectivity index (χ3n) is 5.29. The lowest BCUT2D eigenvalue weighted by molar-refractivity contribution is -0.151. The number of ether oxygens (including phenoxy) is 2. The average molecular weight is 494 g/mol. The van der Waals surface area contributed by atoms with E-state index in [0.717, 1.165) is 6.07 Å². The zero-order valence-electron chi connectivity index (χ0n) is 19.1. The van der Waals surface area contributed by atoms with Crippen molar-refractivity contribution >= 4 is 35.0 Å². The number of benzene rings is 1. The van der Waals surface area contributed by atoms with Crippen molar-refractivity contribution in [1.29, 1.82) is 0 Å². The molecule has 0 radical (unpaired) electrons. The van der Waals surface area contributed by atoms with E-state index in [1.165, 1.54) is 37.3 Å². The largest absolute Gasteiger partial charge is 0.495 e. The van der Waals surface area contributed by atoms with E-state index >= 15 is 0 Å². The Labute approximate surface area is 199 Å². The van der Waals surface area contributed by atoms with Gasteiger partial charge in [0.25, 0.3) is 5.91 Å². The Balaban J connectivity index is 1.60. The molecular weight excluding hydrogens is 469 g/mol. The predicted octanol–water partition coefficient (Wildman–Crippen LogP) is 3.47. The number of aromatic nitrogens is 1. The quantitative estimate of drug-likeness (QED) is 0.568. The van der Waals surface area contributed by atoms with Gasteiger partial charge in [-0.15, -0.1) is 0 Å². The molecule has 1 aromatic heterocycles. The second-order valence-corrected chi connectivity index (χ2v) is 7.91. The van der Waals surface area contributed by atoms with E-state index in [-0.39, 0.29) is 24.0 Å². The second-order valence-electron chi connectivity index (χ2n) is 7.91. The maximum absolute atomic E-state index is 13.4. The number of nitrogens with one attached hydrogen (secondary N) is 2. The molecule has 1 fully saturated rings. The normalized spacial score (nSPS) is 15.8.